The van der Waals surface area contributed by atoms with Crippen molar-refractivity contribution in [2.24, 2.45) is 17.6 Å². The number of primary amides is 1. The van der Waals surface area contributed by atoms with Crippen LogP contribution in [-0.2, 0) is 33.9 Å². The van der Waals surface area contributed by atoms with Crippen LogP contribution >= 0.6 is 0 Å². The van der Waals surface area contributed by atoms with Gasteiger partial charge < -0.3 is 36.2 Å². The number of methoxy groups -OCH3 is 1. The Morgan fingerprint density at radius 2 is 1.75 bits per heavy atom. The van der Waals surface area contributed by atoms with Gasteiger partial charge in [0.05, 0.1) is 18.7 Å². The Balaban J connectivity index is 1.43. The molecule has 6 rings (SSSR count). The molecular weight excluding hydrogens is 621 g/mol. The van der Waals surface area contributed by atoms with Gasteiger partial charge in [0.15, 0.2) is 11.4 Å². The zero-order valence-corrected chi connectivity index (χ0v) is 26.6. The van der Waals surface area contributed by atoms with Crippen molar-refractivity contribution in [1.29, 1.82) is 0 Å². The number of ketones is 2. The van der Waals surface area contributed by atoms with Crippen LogP contribution in [0.4, 0.5) is 4.39 Å². The molecule has 11 nitrogen and oxygen atoms in total. The van der Waals surface area contributed by atoms with Crippen molar-refractivity contribution < 1.29 is 43.9 Å². The highest BCUT2D eigenvalue weighted by Gasteiger charge is 2.64. The fraction of sp³-hybridized carbons (Fsp3) is 0.306. The molecule has 48 heavy (non-hydrogen) atoms. The number of ether oxygens (including phenoxy) is 1. The molecule has 0 aromatic heterocycles. The molecule has 1 fully saturated rings. The molecule has 0 aliphatic heterocycles. The van der Waals surface area contributed by atoms with Gasteiger partial charge in [0.25, 0.3) is 5.91 Å². The van der Waals surface area contributed by atoms with Crippen LogP contribution in [0, 0.1) is 17.7 Å². The van der Waals surface area contributed by atoms with Gasteiger partial charge in [-0.2, -0.15) is 0 Å². The fourth-order valence-electron chi connectivity index (χ4n) is 7.57. The van der Waals surface area contributed by atoms with Gasteiger partial charge in [-0.15, -0.1) is 0 Å². The topological polar surface area (TPSA) is 183 Å². The summed E-state index contributed by atoms with van der Waals surface area (Å²) in [7, 11) is 4.62. The fourth-order valence-corrected chi connectivity index (χ4v) is 7.57. The van der Waals surface area contributed by atoms with E-state index in [1.165, 1.54) is 30.2 Å². The number of carbonyl (C=O) groups is 3. The van der Waals surface area contributed by atoms with Gasteiger partial charge in [-0.3, -0.25) is 19.3 Å². The van der Waals surface area contributed by atoms with Crippen LogP contribution in [0.5, 0.6) is 11.5 Å². The molecule has 250 valence electrons. The first-order valence-electron chi connectivity index (χ1n) is 15.4. The molecule has 3 aliphatic rings. The van der Waals surface area contributed by atoms with Crippen LogP contribution in [0.25, 0.3) is 16.9 Å². The molecule has 0 heterocycles. The Morgan fingerprint density at radius 3 is 2.40 bits per heavy atom. The minimum atomic E-state index is -2.71. The summed E-state index contributed by atoms with van der Waals surface area (Å²) in [6, 6.07) is 13.8. The number of nitrogens with one attached hydrogen (secondary N) is 1. The summed E-state index contributed by atoms with van der Waals surface area (Å²) in [5, 5.41) is 48.9. The zero-order valence-electron chi connectivity index (χ0n) is 26.6. The van der Waals surface area contributed by atoms with E-state index in [2.05, 4.69) is 5.32 Å². The molecule has 12 heteroatoms. The standard InChI is InChI=1S/C36H36FN3O8/c1-40(2)30-24-14-19-13-23-21(22-12-18(7-10-26(22)48-3)16-39-15-17-5-4-6-20(37)11-17)8-9-25(41)28(23)31(42)27(19)33(44)36(24,47)34(45)29(32(30)43)35(38)46/h4-12,19,24,30,39,41-42,45,47H,13-16H2,1-3H3,(H2,38,46)/t19-,24-,30-,36-/m1/s1. The summed E-state index contributed by atoms with van der Waals surface area (Å²) in [4.78, 5) is 41.2. The smallest absolute Gasteiger partial charge is 0.255 e. The molecule has 0 unspecified atom stereocenters. The second-order valence-electron chi connectivity index (χ2n) is 12.7. The summed E-state index contributed by atoms with van der Waals surface area (Å²) in [6.45, 7) is 0.866. The van der Waals surface area contributed by atoms with E-state index >= 15 is 0 Å². The molecule has 1 saturated carbocycles. The third kappa shape index (κ3) is 5.13. The molecule has 0 bridgehead atoms. The lowest BCUT2D eigenvalue weighted by molar-refractivity contribution is -0.153. The summed E-state index contributed by atoms with van der Waals surface area (Å²) in [6.07, 6.45) is 0.103. The van der Waals surface area contributed by atoms with E-state index in [4.69, 9.17) is 10.5 Å². The molecule has 1 amide bonds. The number of phenols is 1. The molecule has 0 radical (unpaired) electrons. The molecule has 3 aliphatic carbocycles. The number of Topliss-reactive ketones (excluding diaryl/α,β-unsaturated/α-hetero) is 2. The van der Waals surface area contributed by atoms with Crippen LogP contribution in [-0.4, -0.2) is 75.6 Å². The number of halogens is 1. The minimum absolute atomic E-state index is 0.0134. The first-order valence-corrected chi connectivity index (χ1v) is 15.4. The number of benzene rings is 3. The number of amides is 1. The quantitative estimate of drug-likeness (QED) is 0.197. The molecule has 0 saturated heterocycles. The Hall–Kier alpha value is -5.04. The third-order valence-electron chi connectivity index (χ3n) is 9.71. The summed E-state index contributed by atoms with van der Waals surface area (Å²) < 4.78 is 19.3. The maximum atomic E-state index is 14.1. The Morgan fingerprint density at radius 1 is 1.04 bits per heavy atom. The normalized spacial score (nSPS) is 23.6. The van der Waals surface area contributed by atoms with Gasteiger partial charge in [-0.1, -0.05) is 24.3 Å². The van der Waals surface area contributed by atoms with E-state index in [1.807, 2.05) is 18.2 Å². The molecule has 4 atom stereocenters. The maximum absolute atomic E-state index is 14.1. The van der Waals surface area contributed by atoms with Crippen LogP contribution in [0.1, 0.15) is 28.7 Å². The van der Waals surface area contributed by atoms with Crippen molar-refractivity contribution in [3.63, 3.8) is 0 Å². The highest BCUT2D eigenvalue weighted by Crippen LogP contribution is 2.54. The maximum Gasteiger partial charge on any atom is 0.255 e. The number of nitrogens with zero attached hydrogens (tertiary/aromatic N) is 1. The number of aromatic hydroxyl groups is 1. The van der Waals surface area contributed by atoms with E-state index in [1.54, 1.807) is 32.3 Å². The number of fused-ring (bicyclic) bond motifs is 3. The van der Waals surface area contributed by atoms with E-state index in [0.29, 0.717) is 35.5 Å². The van der Waals surface area contributed by atoms with Gasteiger partial charge in [-0.05, 0) is 85.4 Å². The van der Waals surface area contributed by atoms with E-state index in [-0.39, 0.29) is 35.5 Å². The van der Waals surface area contributed by atoms with Gasteiger partial charge >= 0.3 is 0 Å². The second-order valence-corrected chi connectivity index (χ2v) is 12.7. The number of aliphatic hydroxyl groups is 3. The monoisotopic (exact) mass is 657 g/mol. The van der Waals surface area contributed by atoms with E-state index in [0.717, 1.165) is 11.1 Å². The number of carbonyl (C=O) groups excluding carboxylic acids is 3. The minimum Gasteiger partial charge on any atom is -0.508 e. The first kappa shape index (κ1) is 32.9. The average Bonchev–Trinajstić information content (AvgIpc) is 3.02. The molecule has 7 N–H and O–H groups in total. The number of hydrogen-bond acceptors (Lipinski definition) is 10. The predicted molar refractivity (Wildman–Crippen MR) is 173 cm³/mol. The SMILES string of the molecule is COc1ccc(CNCc2cccc(F)c2)cc1-c1ccc(O)c2c1C[C@@H]1C[C@@H]3[C@@H](N(C)C)C(=O)C(C(N)=O)=C(O)[C@]3(O)C(=O)C1=C2O. The van der Waals surface area contributed by atoms with Crippen molar-refractivity contribution >= 4 is 23.2 Å². The lowest BCUT2D eigenvalue weighted by atomic mass is 9.57. The van der Waals surface area contributed by atoms with Crippen molar-refractivity contribution in [2.45, 2.75) is 37.6 Å². The van der Waals surface area contributed by atoms with E-state index < -0.39 is 58.0 Å². The van der Waals surface area contributed by atoms with Crippen molar-refractivity contribution in [3.05, 3.63) is 99.6 Å². The molecular formula is C36H36FN3O8. The third-order valence-corrected chi connectivity index (χ3v) is 9.71. The first-order chi connectivity index (χ1) is 22.8. The number of nitrogens with two attached hydrogens (primary N) is 1. The highest BCUT2D eigenvalue weighted by molar-refractivity contribution is 6.24. The highest BCUT2D eigenvalue weighted by atomic mass is 19.1. The molecule has 3 aromatic rings. The second kappa shape index (κ2) is 12.2. The lowest BCUT2D eigenvalue weighted by Gasteiger charge is -2.50. The van der Waals surface area contributed by atoms with Crippen LogP contribution in [0.2, 0.25) is 0 Å². The number of likely N-dealkylation sites (N-methyl/N-ethyl adjacent to an activating group) is 1. The van der Waals surface area contributed by atoms with Crippen LogP contribution in [0.3, 0.4) is 0 Å². The lowest BCUT2D eigenvalue weighted by Crippen LogP contribution is -2.65. The Kier molecular flexibility index (Phi) is 8.36. The number of hydrogen-bond donors (Lipinski definition) is 6. The Labute approximate surface area is 275 Å². The molecule has 3 aromatic carbocycles. The van der Waals surface area contributed by atoms with Crippen LogP contribution in [0.15, 0.2) is 71.5 Å². The Bertz CT molecular complexity index is 1940. The summed E-state index contributed by atoms with van der Waals surface area (Å²) in [5.74, 6) is -6.91. The van der Waals surface area contributed by atoms with Gasteiger partial charge in [-0.25, -0.2) is 4.39 Å². The van der Waals surface area contributed by atoms with Gasteiger partial charge in [0.2, 0.25) is 5.78 Å². The number of aliphatic hydroxyl groups excluding tert-OH is 2. The van der Waals surface area contributed by atoms with Crippen molar-refractivity contribution in [2.75, 3.05) is 21.2 Å². The number of rotatable bonds is 8. The van der Waals surface area contributed by atoms with Gasteiger partial charge in [0.1, 0.15) is 34.4 Å². The summed E-state index contributed by atoms with van der Waals surface area (Å²) in [5.41, 5.74) is 5.04. The average molecular weight is 658 g/mol. The number of phenolic OH excluding ortho intramolecular Hbond substituents is 1. The van der Waals surface area contributed by atoms with Crippen molar-refractivity contribution in [1.82, 2.24) is 10.2 Å². The predicted octanol–water partition coefficient (Wildman–Crippen LogP) is 3.07. The van der Waals surface area contributed by atoms with E-state index in [9.17, 15) is 39.2 Å². The summed E-state index contributed by atoms with van der Waals surface area (Å²) >= 11 is 0. The largest absolute Gasteiger partial charge is 0.508 e. The zero-order chi connectivity index (χ0) is 34.7. The molecule has 0 spiro atoms. The van der Waals surface area contributed by atoms with Crippen LogP contribution < -0.4 is 15.8 Å². The van der Waals surface area contributed by atoms with Gasteiger partial charge in [0, 0.05) is 30.1 Å². The van der Waals surface area contributed by atoms with Crippen molar-refractivity contribution in [3.8, 4) is 22.6 Å².